The third kappa shape index (κ3) is 2.11. The summed E-state index contributed by atoms with van der Waals surface area (Å²) in [5.74, 6) is 0. The quantitative estimate of drug-likeness (QED) is 0.810. The predicted octanol–water partition coefficient (Wildman–Crippen LogP) is 0.531. The molecular weight excluding hydrogens is 226 g/mol. The lowest BCUT2D eigenvalue weighted by molar-refractivity contribution is 0.207. The van der Waals surface area contributed by atoms with E-state index in [2.05, 4.69) is 5.32 Å². The summed E-state index contributed by atoms with van der Waals surface area (Å²) in [6.07, 6.45) is 1.61. The normalized spacial score (nSPS) is 23.2. The lowest BCUT2D eigenvalue weighted by atomic mass is 10.2. The largest absolute Gasteiger partial charge is 0.375 e. The summed E-state index contributed by atoms with van der Waals surface area (Å²) in [5, 5.41) is 12.9. The number of sulfone groups is 1. The van der Waals surface area contributed by atoms with Gasteiger partial charge in [0.25, 0.3) is 0 Å². The molecule has 2 rings (SSSR count). The van der Waals surface area contributed by atoms with Crippen LogP contribution in [0.15, 0.2) is 35.2 Å². The summed E-state index contributed by atoms with van der Waals surface area (Å²) in [6.45, 7) is 0.770. The summed E-state index contributed by atoms with van der Waals surface area (Å²) >= 11 is 0. The zero-order chi connectivity index (χ0) is 11.6. The second-order valence-electron chi connectivity index (χ2n) is 3.95. The van der Waals surface area contributed by atoms with Gasteiger partial charge in [0.15, 0.2) is 5.44 Å². The van der Waals surface area contributed by atoms with E-state index in [4.69, 9.17) is 0 Å². The van der Waals surface area contributed by atoms with E-state index in [-0.39, 0.29) is 10.9 Å². The van der Waals surface area contributed by atoms with Crippen LogP contribution in [0.3, 0.4) is 0 Å². The molecule has 1 heterocycles. The molecule has 16 heavy (non-hydrogen) atoms. The smallest absolute Gasteiger partial charge is 0.206 e. The van der Waals surface area contributed by atoms with E-state index in [1.165, 1.54) is 12.1 Å². The van der Waals surface area contributed by atoms with Crippen molar-refractivity contribution in [3.05, 3.63) is 30.3 Å². The molecule has 0 aliphatic carbocycles. The fourth-order valence-corrected chi connectivity index (χ4v) is 3.40. The van der Waals surface area contributed by atoms with E-state index in [0.717, 1.165) is 13.0 Å². The molecule has 1 aliphatic rings. The van der Waals surface area contributed by atoms with Crippen molar-refractivity contribution in [2.45, 2.75) is 29.2 Å². The summed E-state index contributed by atoms with van der Waals surface area (Å²) in [7, 11) is -3.63. The van der Waals surface area contributed by atoms with Crippen molar-refractivity contribution in [2.75, 3.05) is 6.54 Å². The Morgan fingerprint density at radius 3 is 2.56 bits per heavy atom. The number of nitrogens with one attached hydrogen (secondary N) is 1. The molecule has 5 heteroatoms. The van der Waals surface area contributed by atoms with Gasteiger partial charge in [-0.25, -0.2) is 8.42 Å². The Bertz CT molecular complexity index is 438. The molecule has 88 valence electrons. The van der Waals surface area contributed by atoms with Crippen LogP contribution in [0.4, 0.5) is 0 Å². The van der Waals surface area contributed by atoms with Gasteiger partial charge in [0.05, 0.1) is 4.90 Å². The van der Waals surface area contributed by atoms with E-state index in [9.17, 15) is 13.5 Å². The van der Waals surface area contributed by atoms with Gasteiger partial charge in [-0.2, -0.15) is 0 Å². The maximum absolute atomic E-state index is 12.0. The molecule has 0 spiro atoms. The maximum Gasteiger partial charge on any atom is 0.206 e. The maximum atomic E-state index is 12.0. The van der Waals surface area contributed by atoms with E-state index in [1.54, 1.807) is 18.2 Å². The lowest BCUT2D eigenvalue weighted by Crippen LogP contribution is -2.40. The molecule has 1 aliphatic heterocycles. The van der Waals surface area contributed by atoms with Crippen LogP contribution in [0.1, 0.15) is 12.8 Å². The highest BCUT2D eigenvalue weighted by Gasteiger charge is 2.34. The molecule has 1 aromatic carbocycles. The van der Waals surface area contributed by atoms with Crippen molar-refractivity contribution >= 4 is 9.84 Å². The van der Waals surface area contributed by atoms with Gasteiger partial charge in [-0.15, -0.1) is 0 Å². The molecule has 1 aromatic rings. The first-order valence-corrected chi connectivity index (χ1v) is 6.87. The number of hydrogen-bond acceptors (Lipinski definition) is 4. The number of benzene rings is 1. The number of aliphatic hydroxyl groups is 1. The minimum absolute atomic E-state index is 0.177. The predicted molar refractivity (Wildman–Crippen MR) is 60.7 cm³/mol. The Hall–Kier alpha value is -0.910. The molecular formula is C11H15NO3S. The van der Waals surface area contributed by atoms with Crippen LogP contribution >= 0.6 is 0 Å². The van der Waals surface area contributed by atoms with E-state index < -0.39 is 15.3 Å². The van der Waals surface area contributed by atoms with Gasteiger partial charge in [-0.05, 0) is 31.5 Å². The van der Waals surface area contributed by atoms with Crippen LogP contribution in [-0.2, 0) is 9.84 Å². The molecule has 4 nitrogen and oxygen atoms in total. The van der Waals surface area contributed by atoms with Gasteiger partial charge in [-0.3, -0.25) is 0 Å². The van der Waals surface area contributed by atoms with Crippen molar-refractivity contribution in [3.8, 4) is 0 Å². The fraction of sp³-hybridized carbons (Fsp3) is 0.455. The fourth-order valence-electron chi connectivity index (χ4n) is 1.92. The van der Waals surface area contributed by atoms with Gasteiger partial charge >= 0.3 is 0 Å². The number of rotatable bonds is 3. The molecule has 0 aromatic heterocycles. The molecule has 2 atom stereocenters. The summed E-state index contributed by atoms with van der Waals surface area (Å²) in [6, 6.07) is 7.73. The minimum Gasteiger partial charge on any atom is -0.375 e. The molecule has 1 fully saturated rings. The average Bonchev–Trinajstić information content (AvgIpc) is 2.82. The van der Waals surface area contributed by atoms with Crippen LogP contribution in [0.2, 0.25) is 0 Å². The summed E-state index contributed by atoms with van der Waals surface area (Å²) < 4.78 is 24.1. The summed E-state index contributed by atoms with van der Waals surface area (Å²) in [4.78, 5) is 0.177. The standard InChI is InChI=1S/C11H15NO3S/c13-11(10-7-4-8-12-10)16(14,15)9-5-2-1-3-6-9/h1-3,5-6,10-13H,4,7-8H2/t10-,11?/m0/s1. The number of hydrogen-bond donors (Lipinski definition) is 2. The van der Waals surface area contributed by atoms with Gasteiger partial charge < -0.3 is 10.4 Å². The highest BCUT2D eigenvalue weighted by molar-refractivity contribution is 7.92. The van der Waals surface area contributed by atoms with E-state index in [1.807, 2.05) is 0 Å². The van der Waals surface area contributed by atoms with Gasteiger partial charge in [0.2, 0.25) is 9.84 Å². The molecule has 0 saturated carbocycles. The summed E-state index contributed by atoms with van der Waals surface area (Å²) in [5.41, 5.74) is -1.35. The van der Waals surface area contributed by atoms with Crippen molar-refractivity contribution < 1.29 is 13.5 Å². The van der Waals surface area contributed by atoms with Crippen LogP contribution < -0.4 is 5.32 Å². The second-order valence-corrected chi connectivity index (χ2v) is 6.00. The Morgan fingerprint density at radius 1 is 1.31 bits per heavy atom. The van der Waals surface area contributed by atoms with Crippen LogP contribution in [0, 0.1) is 0 Å². The van der Waals surface area contributed by atoms with Crippen molar-refractivity contribution in [1.82, 2.24) is 5.32 Å². The minimum atomic E-state index is -3.63. The molecule has 2 N–H and O–H groups in total. The molecule has 0 amide bonds. The first-order valence-electron chi connectivity index (χ1n) is 5.33. The molecule has 0 radical (unpaired) electrons. The van der Waals surface area contributed by atoms with Gasteiger partial charge in [-0.1, -0.05) is 18.2 Å². The second kappa shape index (κ2) is 4.53. The molecule has 1 saturated heterocycles. The highest BCUT2D eigenvalue weighted by Crippen LogP contribution is 2.20. The first kappa shape index (κ1) is 11.6. The first-order chi connectivity index (χ1) is 7.62. The highest BCUT2D eigenvalue weighted by atomic mass is 32.2. The Kier molecular flexibility index (Phi) is 3.28. The van der Waals surface area contributed by atoms with E-state index in [0.29, 0.717) is 6.42 Å². The van der Waals surface area contributed by atoms with E-state index >= 15 is 0 Å². The Labute approximate surface area is 95.2 Å². The molecule has 1 unspecified atom stereocenters. The lowest BCUT2D eigenvalue weighted by Gasteiger charge is -2.18. The SMILES string of the molecule is O=S(=O)(c1ccccc1)C(O)[C@@H]1CCCN1. The zero-order valence-corrected chi connectivity index (χ0v) is 9.65. The van der Waals surface area contributed by atoms with Crippen molar-refractivity contribution in [3.63, 3.8) is 0 Å². The van der Waals surface area contributed by atoms with Crippen molar-refractivity contribution in [2.24, 2.45) is 0 Å². The van der Waals surface area contributed by atoms with Crippen molar-refractivity contribution in [1.29, 1.82) is 0 Å². The zero-order valence-electron chi connectivity index (χ0n) is 8.83. The topological polar surface area (TPSA) is 66.4 Å². The van der Waals surface area contributed by atoms with Crippen LogP contribution in [-0.4, -0.2) is 31.5 Å². The third-order valence-corrected chi connectivity index (χ3v) is 4.73. The van der Waals surface area contributed by atoms with Crippen LogP contribution in [0.5, 0.6) is 0 Å². The Morgan fingerprint density at radius 2 is 2.00 bits per heavy atom. The Balaban J connectivity index is 2.25. The van der Waals surface area contributed by atoms with Gasteiger partial charge in [0.1, 0.15) is 0 Å². The monoisotopic (exact) mass is 241 g/mol. The third-order valence-electron chi connectivity index (χ3n) is 2.83. The molecule has 0 bridgehead atoms. The van der Waals surface area contributed by atoms with Gasteiger partial charge in [0, 0.05) is 6.04 Å². The average molecular weight is 241 g/mol. The van der Waals surface area contributed by atoms with Crippen LogP contribution in [0.25, 0.3) is 0 Å². The number of aliphatic hydroxyl groups excluding tert-OH is 1.